The summed E-state index contributed by atoms with van der Waals surface area (Å²) in [6.45, 7) is 22.0. The summed E-state index contributed by atoms with van der Waals surface area (Å²) in [6, 6.07) is 11.3. The Bertz CT molecular complexity index is 1880. The third-order valence-electron chi connectivity index (χ3n) is 10.5. The largest absolute Gasteiger partial charge is 0.381 e. The van der Waals surface area contributed by atoms with Gasteiger partial charge in [0.2, 0.25) is 0 Å². The lowest BCUT2D eigenvalue weighted by Crippen LogP contribution is -2.37. The zero-order valence-corrected chi connectivity index (χ0v) is 31.9. The first-order valence-electron chi connectivity index (χ1n) is 17.9. The summed E-state index contributed by atoms with van der Waals surface area (Å²) < 4.78 is 36.2. The molecule has 49 heavy (non-hydrogen) atoms. The van der Waals surface area contributed by atoms with Crippen LogP contribution in [-0.4, -0.2) is 19.0 Å². The zero-order chi connectivity index (χ0) is 35.8. The van der Waals surface area contributed by atoms with Crippen molar-refractivity contribution < 1.29 is 13.0 Å². The van der Waals surface area contributed by atoms with Gasteiger partial charge in [-0.1, -0.05) is 112 Å². The van der Waals surface area contributed by atoms with E-state index in [-0.39, 0.29) is 28.7 Å². The average molecular weight is 681 g/mol. The van der Waals surface area contributed by atoms with E-state index < -0.39 is 16.0 Å². The maximum absolute atomic E-state index is 12.9. The van der Waals surface area contributed by atoms with E-state index in [9.17, 15) is 13.0 Å². The molecule has 4 unspecified atom stereocenters. The Morgan fingerprint density at radius 2 is 1.59 bits per heavy atom. The van der Waals surface area contributed by atoms with Crippen molar-refractivity contribution in [1.82, 2.24) is 5.32 Å². The van der Waals surface area contributed by atoms with Crippen LogP contribution in [0.4, 0.5) is 11.4 Å². The maximum atomic E-state index is 12.9. The van der Waals surface area contributed by atoms with Gasteiger partial charge in [0.05, 0.1) is 10.9 Å². The van der Waals surface area contributed by atoms with Crippen molar-refractivity contribution in [3.63, 3.8) is 0 Å². The Labute approximate surface area is 295 Å². The monoisotopic (exact) mass is 680 g/mol. The molecule has 4 atom stereocenters. The lowest BCUT2D eigenvalue weighted by atomic mass is 9.72. The molecule has 0 aromatic heterocycles. The molecular weight excluding hydrogens is 625 g/mol. The standard InChI is InChI=1S/C43H56N2O3S/c1-25(2)36-23-33(15-17-38(36)44-42-29(7)19-27(5)20-30(42)8)41(35-13-11-12-14-40(35)49(46,47)48)34-16-18-39(37(24-34)26(3)4)45-43-31(9)21-28(6)22-32(43)10/h11-12,14-15,17,19-26,31,35,41,43-45H,13,16,18H2,1-10H3,(H,46,47,48). The van der Waals surface area contributed by atoms with Crippen molar-refractivity contribution in [3.8, 4) is 0 Å². The second-order valence-corrected chi connectivity index (χ2v) is 16.7. The van der Waals surface area contributed by atoms with E-state index in [0.29, 0.717) is 12.3 Å². The summed E-state index contributed by atoms with van der Waals surface area (Å²) in [4.78, 5) is 0.0954. The van der Waals surface area contributed by atoms with E-state index in [2.05, 4.69) is 128 Å². The third kappa shape index (κ3) is 8.07. The van der Waals surface area contributed by atoms with Gasteiger partial charge in [-0.05, 0) is 112 Å². The molecule has 0 amide bonds. The number of benzene rings is 2. The van der Waals surface area contributed by atoms with Crippen LogP contribution in [0.25, 0.3) is 0 Å². The second kappa shape index (κ2) is 14.7. The van der Waals surface area contributed by atoms with Gasteiger partial charge in [0.1, 0.15) is 0 Å². The molecular formula is C43H56N2O3S. The Hall–Kier alpha value is -3.61. The highest BCUT2D eigenvalue weighted by Gasteiger charge is 2.37. The fourth-order valence-corrected chi connectivity index (χ4v) is 9.20. The van der Waals surface area contributed by atoms with Crippen molar-refractivity contribution in [2.45, 2.75) is 106 Å². The van der Waals surface area contributed by atoms with Crippen LogP contribution in [0.3, 0.4) is 0 Å². The van der Waals surface area contributed by atoms with Crippen molar-refractivity contribution in [1.29, 1.82) is 0 Å². The third-order valence-corrected chi connectivity index (χ3v) is 11.6. The molecule has 0 saturated heterocycles. The minimum absolute atomic E-state index is 0.0954. The topological polar surface area (TPSA) is 78.4 Å². The highest BCUT2D eigenvalue weighted by molar-refractivity contribution is 7.89. The van der Waals surface area contributed by atoms with Gasteiger partial charge >= 0.3 is 0 Å². The van der Waals surface area contributed by atoms with Crippen molar-refractivity contribution in [2.75, 3.05) is 5.32 Å². The van der Waals surface area contributed by atoms with Crippen molar-refractivity contribution in [2.24, 2.45) is 17.8 Å². The van der Waals surface area contributed by atoms with Gasteiger partial charge in [-0.2, -0.15) is 8.42 Å². The summed E-state index contributed by atoms with van der Waals surface area (Å²) in [6.07, 6.45) is 14.5. The first-order chi connectivity index (χ1) is 23.0. The van der Waals surface area contributed by atoms with Crippen LogP contribution in [-0.2, 0) is 10.1 Å². The molecule has 0 heterocycles. The van der Waals surface area contributed by atoms with Gasteiger partial charge < -0.3 is 10.6 Å². The zero-order valence-electron chi connectivity index (χ0n) is 31.1. The normalized spacial score (nSPS) is 22.1. The van der Waals surface area contributed by atoms with Gasteiger partial charge in [0.15, 0.2) is 0 Å². The highest BCUT2D eigenvalue weighted by Crippen LogP contribution is 2.47. The van der Waals surface area contributed by atoms with Crippen LogP contribution in [0.5, 0.6) is 0 Å². The van der Waals surface area contributed by atoms with E-state index >= 15 is 0 Å². The van der Waals surface area contributed by atoms with Gasteiger partial charge in [-0.15, -0.1) is 0 Å². The summed E-state index contributed by atoms with van der Waals surface area (Å²) in [5, 5.41) is 7.70. The second-order valence-electron chi connectivity index (χ2n) is 15.3. The van der Waals surface area contributed by atoms with E-state index in [1.165, 1.54) is 50.2 Å². The van der Waals surface area contributed by atoms with Crippen LogP contribution in [0.2, 0.25) is 0 Å². The molecule has 0 fully saturated rings. The van der Waals surface area contributed by atoms with Gasteiger partial charge in [0, 0.05) is 28.9 Å². The summed E-state index contributed by atoms with van der Waals surface area (Å²) >= 11 is 0. The molecule has 0 bridgehead atoms. The Morgan fingerprint density at radius 3 is 2.20 bits per heavy atom. The number of aryl methyl sites for hydroxylation is 3. The molecule has 2 aromatic rings. The van der Waals surface area contributed by atoms with Crippen molar-refractivity contribution >= 4 is 21.5 Å². The minimum Gasteiger partial charge on any atom is -0.381 e. The Kier molecular flexibility index (Phi) is 11.0. The summed E-state index contributed by atoms with van der Waals surface area (Å²) in [5.74, 6) is 0.260. The van der Waals surface area contributed by atoms with E-state index in [0.717, 1.165) is 29.8 Å². The first kappa shape index (κ1) is 36.7. The fraction of sp³-hybridized carbons (Fsp3) is 0.442. The van der Waals surface area contributed by atoms with Crippen LogP contribution in [0.15, 0.2) is 99.7 Å². The molecule has 2 aromatic carbocycles. The van der Waals surface area contributed by atoms with Crippen LogP contribution < -0.4 is 10.6 Å². The summed E-state index contributed by atoms with van der Waals surface area (Å²) in [7, 11) is -4.40. The predicted octanol–water partition coefficient (Wildman–Crippen LogP) is 11.0. The molecule has 6 heteroatoms. The van der Waals surface area contributed by atoms with E-state index in [4.69, 9.17) is 0 Å². The molecule has 3 aliphatic rings. The molecule has 5 nitrogen and oxygen atoms in total. The molecule has 0 spiro atoms. The molecule has 262 valence electrons. The average Bonchev–Trinajstić information content (AvgIpc) is 3.01. The van der Waals surface area contributed by atoms with E-state index in [1.807, 2.05) is 6.08 Å². The first-order valence-corrected chi connectivity index (χ1v) is 19.4. The lowest BCUT2D eigenvalue weighted by molar-refractivity contribution is 0.463. The Morgan fingerprint density at radius 1 is 0.898 bits per heavy atom. The SMILES string of the molecule is CC1=CC(C)C(NC2=C(C(C)C)C=C(C(c3ccc(Nc4c(C)cc(C)cc4C)c(C(C)C)c3)C3CC=CC=C3S(=O)(=O)O)CC2)C(C)=C1. The number of rotatable bonds is 10. The molecule has 0 radical (unpaired) electrons. The number of hydrogen-bond donors (Lipinski definition) is 3. The van der Waals surface area contributed by atoms with Crippen LogP contribution in [0, 0.1) is 38.5 Å². The quantitative estimate of drug-likeness (QED) is 0.218. The number of anilines is 2. The van der Waals surface area contributed by atoms with Gasteiger partial charge in [-0.25, -0.2) is 0 Å². The summed E-state index contributed by atoms with van der Waals surface area (Å²) in [5.41, 5.74) is 14.5. The van der Waals surface area contributed by atoms with Crippen LogP contribution in [0.1, 0.15) is 107 Å². The predicted molar refractivity (Wildman–Crippen MR) is 207 cm³/mol. The number of nitrogens with one attached hydrogen (secondary N) is 2. The van der Waals surface area contributed by atoms with Crippen molar-refractivity contribution in [3.05, 3.63) is 127 Å². The van der Waals surface area contributed by atoms with Crippen LogP contribution >= 0.6 is 0 Å². The van der Waals surface area contributed by atoms with E-state index in [1.54, 1.807) is 12.2 Å². The van der Waals surface area contributed by atoms with Gasteiger partial charge in [0.25, 0.3) is 10.1 Å². The number of hydrogen-bond acceptors (Lipinski definition) is 4. The lowest BCUT2D eigenvalue weighted by Gasteiger charge is -2.36. The maximum Gasteiger partial charge on any atom is 0.290 e. The molecule has 3 aliphatic carbocycles. The Balaban J connectivity index is 1.62. The highest BCUT2D eigenvalue weighted by atomic mass is 32.2. The molecule has 3 N–H and O–H groups in total. The smallest absolute Gasteiger partial charge is 0.290 e. The number of allylic oxidation sites excluding steroid dienone is 10. The fourth-order valence-electron chi connectivity index (χ4n) is 8.33. The molecule has 0 saturated carbocycles. The minimum atomic E-state index is -4.40. The van der Waals surface area contributed by atoms with Gasteiger partial charge in [-0.3, -0.25) is 4.55 Å². The molecule has 0 aliphatic heterocycles. The molecule has 5 rings (SSSR count).